The average molecular weight is 255 g/mol. The minimum Gasteiger partial charge on any atom is -0.330 e. The topological polar surface area (TPSA) is 43.8 Å². The maximum Gasteiger partial charge on any atom is 0.0568 e. The largest absolute Gasteiger partial charge is 0.330 e. The van der Waals surface area contributed by atoms with E-state index in [0.717, 1.165) is 18.9 Å². The molecule has 2 aromatic rings. The van der Waals surface area contributed by atoms with Gasteiger partial charge in [-0.25, -0.2) is 0 Å². The Hall–Kier alpha value is -1.61. The molecule has 1 saturated carbocycles. The lowest BCUT2D eigenvalue weighted by Crippen LogP contribution is -2.18. The van der Waals surface area contributed by atoms with Crippen molar-refractivity contribution in [3.63, 3.8) is 0 Å². The highest BCUT2D eigenvalue weighted by Crippen LogP contribution is 2.28. The van der Waals surface area contributed by atoms with E-state index < -0.39 is 0 Å². The molecule has 0 bridgehead atoms. The van der Waals surface area contributed by atoms with E-state index in [4.69, 9.17) is 5.73 Å². The van der Waals surface area contributed by atoms with Gasteiger partial charge in [0.15, 0.2) is 0 Å². The number of benzene rings is 1. The number of hydrogen-bond acceptors (Lipinski definition) is 2. The monoisotopic (exact) mass is 255 g/mol. The van der Waals surface area contributed by atoms with Crippen molar-refractivity contribution < 1.29 is 0 Å². The van der Waals surface area contributed by atoms with Gasteiger partial charge in [0.2, 0.25) is 0 Å². The lowest BCUT2D eigenvalue weighted by atomic mass is 9.85. The van der Waals surface area contributed by atoms with Gasteiger partial charge in [0.05, 0.1) is 6.20 Å². The van der Waals surface area contributed by atoms with E-state index in [1.165, 1.54) is 36.0 Å². The predicted molar refractivity (Wildman–Crippen MR) is 77.8 cm³/mol. The fourth-order valence-corrected chi connectivity index (χ4v) is 2.58. The van der Waals surface area contributed by atoms with E-state index in [1.807, 2.05) is 6.20 Å². The molecule has 1 aromatic heterocycles. The van der Waals surface area contributed by atoms with Crippen molar-refractivity contribution in [1.29, 1.82) is 0 Å². The molecule has 0 unspecified atom stereocenters. The summed E-state index contributed by atoms with van der Waals surface area (Å²) in [5.74, 6) is 0.847. The summed E-state index contributed by atoms with van der Waals surface area (Å²) in [7, 11) is 0. The van der Waals surface area contributed by atoms with E-state index in [1.54, 1.807) is 0 Å². The van der Waals surface area contributed by atoms with Crippen molar-refractivity contribution in [2.24, 2.45) is 11.7 Å². The first-order valence-electron chi connectivity index (χ1n) is 7.17. The summed E-state index contributed by atoms with van der Waals surface area (Å²) in [6.07, 6.45) is 9.20. The molecule has 0 radical (unpaired) electrons. The Morgan fingerprint density at radius 3 is 2.58 bits per heavy atom. The smallest absolute Gasteiger partial charge is 0.0568 e. The minimum atomic E-state index is 0.707. The van der Waals surface area contributed by atoms with Crippen LogP contribution in [0.25, 0.3) is 11.1 Å². The summed E-state index contributed by atoms with van der Waals surface area (Å²) < 4.78 is 2.09. The fraction of sp³-hybridized carbons (Fsp3) is 0.438. The third-order valence-electron chi connectivity index (χ3n) is 4.02. The zero-order valence-electron chi connectivity index (χ0n) is 11.3. The van der Waals surface area contributed by atoms with Crippen LogP contribution in [0.15, 0.2) is 36.7 Å². The van der Waals surface area contributed by atoms with Crippen molar-refractivity contribution in [2.45, 2.75) is 32.2 Å². The lowest BCUT2D eigenvalue weighted by molar-refractivity contribution is 0.266. The maximum absolute atomic E-state index is 5.56. The Balaban J connectivity index is 1.70. The van der Waals surface area contributed by atoms with Crippen molar-refractivity contribution in [3.05, 3.63) is 42.2 Å². The molecule has 1 aliphatic carbocycles. The summed E-state index contributed by atoms with van der Waals surface area (Å²) in [5, 5.41) is 4.47. The third-order valence-corrected chi connectivity index (χ3v) is 4.02. The highest BCUT2D eigenvalue weighted by molar-refractivity contribution is 5.61. The Bertz CT molecular complexity index is 523. The maximum atomic E-state index is 5.56. The van der Waals surface area contributed by atoms with Crippen molar-refractivity contribution in [1.82, 2.24) is 9.78 Å². The molecule has 19 heavy (non-hydrogen) atoms. The van der Waals surface area contributed by atoms with Crippen LogP contribution in [0.3, 0.4) is 0 Å². The number of nitrogens with zero attached hydrogens (tertiary/aromatic N) is 2. The quantitative estimate of drug-likeness (QED) is 0.892. The first kappa shape index (κ1) is 12.4. The summed E-state index contributed by atoms with van der Waals surface area (Å²) >= 11 is 0. The molecule has 1 fully saturated rings. The standard InChI is InChI=1S/C16H21N3/c17-9-8-13-4-6-15(7-5-13)16-10-18-19(12-16)11-14-2-1-3-14/h4-7,10,12,14H,1-3,8-9,11,17H2. The molecule has 0 amide bonds. The van der Waals surface area contributed by atoms with Crippen LogP contribution in [0.4, 0.5) is 0 Å². The van der Waals surface area contributed by atoms with Gasteiger partial charge in [-0.05, 0) is 42.9 Å². The van der Waals surface area contributed by atoms with Crippen LogP contribution in [-0.2, 0) is 13.0 Å². The molecule has 1 aliphatic rings. The molecule has 3 heteroatoms. The Labute approximate surface area is 114 Å². The van der Waals surface area contributed by atoms with Crippen LogP contribution in [-0.4, -0.2) is 16.3 Å². The second-order valence-electron chi connectivity index (χ2n) is 5.48. The number of rotatable bonds is 5. The number of hydrogen-bond donors (Lipinski definition) is 1. The number of nitrogens with two attached hydrogens (primary N) is 1. The van der Waals surface area contributed by atoms with Gasteiger partial charge in [-0.15, -0.1) is 0 Å². The van der Waals surface area contributed by atoms with Gasteiger partial charge >= 0.3 is 0 Å². The molecule has 3 rings (SSSR count). The molecular weight excluding hydrogens is 234 g/mol. The third kappa shape index (κ3) is 2.87. The Morgan fingerprint density at radius 1 is 1.16 bits per heavy atom. The molecular formula is C16H21N3. The molecule has 0 atom stereocenters. The Morgan fingerprint density at radius 2 is 1.95 bits per heavy atom. The van der Waals surface area contributed by atoms with E-state index in [0.29, 0.717) is 6.54 Å². The van der Waals surface area contributed by atoms with Gasteiger partial charge in [0.1, 0.15) is 0 Å². The average Bonchev–Trinajstić information content (AvgIpc) is 2.84. The minimum absolute atomic E-state index is 0.707. The van der Waals surface area contributed by atoms with Gasteiger partial charge in [-0.1, -0.05) is 30.7 Å². The second kappa shape index (κ2) is 5.57. The first-order chi connectivity index (χ1) is 9.35. The molecule has 1 heterocycles. The van der Waals surface area contributed by atoms with Gasteiger partial charge in [0, 0.05) is 18.3 Å². The first-order valence-corrected chi connectivity index (χ1v) is 7.17. The predicted octanol–water partition coefficient (Wildman–Crippen LogP) is 2.85. The molecule has 1 aromatic carbocycles. The molecule has 100 valence electrons. The Kier molecular flexibility index (Phi) is 3.65. The summed E-state index contributed by atoms with van der Waals surface area (Å²) in [6, 6.07) is 8.64. The molecule has 3 nitrogen and oxygen atoms in total. The SMILES string of the molecule is NCCc1ccc(-c2cnn(CC3CCC3)c2)cc1. The second-order valence-corrected chi connectivity index (χ2v) is 5.48. The summed E-state index contributed by atoms with van der Waals surface area (Å²) in [6.45, 7) is 1.78. The zero-order chi connectivity index (χ0) is 13.1. The van der Waals surface area contributed by atoms with E-state index in [9.17, 15) is 0 Å². The molecule has 0 saturated heterocycles. The van der Waals surface area contributed by atoms with Crippen LogP contribution in [0.5, 0.6) is 0 Å². The highest BCUT2D eigenvalue weighted by Gasteiger charge is 2.18. The molecule has 2 N–H and O–H groups in total. The van der Waals surface area contributed by atoms with Crippen LogP contribution < -0.4 is 5.73 Å². The number of aromatic nitrogens is 2. The van der Waals surface area contributed by atoms with E-state index >= 15 is 0 Å². The van der Waals surface area contributed by atoms with Crippen molar-refractivity contribution in [2.75, 3.05) is 6.54 Å². The van der Waals surface area contributed by atoms with Crippen LogP contribution in [0, 0.1) is 5.92 Å². The van der Waals surface area contributed by atoms with Gasteiger partial charge < -0.3 is 5.73 Å². The normalized spacial score (nSPS) is 15.4. The van der Waals surface area contributed by atoms with Crippen molar-refractivity contribution >= 4 is 0 Å². The zero-order valence-corrected chi connectivity index (χ0v) is 11.3. The van der Waals surface area contributed by atoms with Crippen molar-refractivity contribution in [3.8, 4) is 11.1 Å². The van der Waals surface area contributed by atoms with E-state index in [-0.39, 0.29) is 0 Å². The van der Waals surface area contributed by atoms with Crippen LogP contribution >= 0.6 is 0 Å². The van der Waals surface area contributed by atoms with Crippen LogP contribution in [0.2, 0.25) is 0 Å². The van der Waals surface area contributed by atoms with Gasteiger partial charge in [0.25, 0.3) is 0 Å². The highest BCUT2D eigenvalue weighted by atomic mass is 15.3. The van der Waals surface area contributed by atoms with E-state index in [2.05, 4.69) is 40.2 Å². The lowest BCUT2D eigenvalue weighted by Gasteiger charge is -2.24. The fourth-order valence-electron chi connectivity index (χ4n) is 2.58. The molecule has 0 spiro atoms. The van der Waals surface area contributed by atoms with Gasteiger partial charge in [-0.2, -0.15) is 5.10 Å². The van der Waals surface area contributed by atoms with Gasteiger partial charge in [-0.3, -0.25) is 4.68 Å². The molecule has 0 aliphatic heterocycles. The summed E-state index contributed by atoms with van der Waals surface area (Å²) in [4.78, 5) is 0. The van der Waals surface area contributed by atoms with Crippen LogP contribution in [0.1, 0.15) is 24.8 Å². The summed E-state index contributed by atoms with van der Waals surface area (Å²) in [5.41, 5.74) is 9.31.